The van der Waals surface area contributed by atoms with Crippen molar-refractivity contribution in [2.45, 2.75) is 51.4 Å². The molecule has 0 bridgehead atoms. The summed E-state index contributed by atoms with van der Waals surface area (Å²) in [6, 6.07) is 14.1. The van der Waals surface area contributed by atoms with Crippen molar-refractivity contribution in [3.63, 3.8) is 0 Å². The molecule has 1 heterocycles. The molecule has 0 radical (unpaired) electrons. The van der Waals surface area contributed by atoms with E-state index in [0.29, 0.717) is 11.4 Å². The quantitative estimate of drug-likeness (QED) is 0.628. The van der Waals surface area contributed by atoms with Crippen LogP contribution in [0, 0.1) is 6.92 Å². The monoisotopic (exact) mass is 430 g/mol. The number of aryl methyl sites for hydroxylation is 2. The molecule has 0 saturated carbocycles. The minimum absolute atomic E-state index is 0.290. The van der Waals surface area contributed by atoms with E-state index in [4.69, 9.17) is 0 Å². The number of anilines is 2. The number of nitrogens with one attached hydrogen (secondary N) is 3. The Bertz CT molecular complexity index is 982. The summed E-state index contributed by atoms with van der Waals surface area (Å²) in [7, 11) is -3.82. The summed E-state index contributed by atoms with van der Waals surface area (Å²) in [6.45, 7) is 7.30. The molecule has 0 spiro atoms. The molecule has 1 saturated heterocycles. The second kappa shape index (κ2) is 9.16. The first kappa shape index (κ1) is 22.3. The second-order valence-corrected chi connectivity index (χ2v) is 9.79. The molecular weight excluding hydrogens is 400 g/mol. The van der Waals surface area contributed by atoms with Crippen molar-refractivity contribution in [1.29, 1.82) is 0 Å². The molecule has 1 amide bonds. The topological polar surface area (TPSA) is 90.5 Å². The van der Waals surface area contributed by atoms with Crippen molar-refractivity contribution in [2.75, 3.05) is 16.2 Å². The number of benzene rings is 2. The zero-order valence-electron chi connectivity index (χ0n) is 17.8. The number of rotatable bonds is 7. The molecule has 0 aromatic heterocycles. The molecule has 0 aliphatic carbocycles. The van der Waals surface area contributed by atoms with Crippen LogP contribution in [0.1, 0.15) is 31.9 Å². The zero-order valence-corrected chi connectivity index (χ0v) is 18.7. The maximum absolute atomic E-state index is 13.6. The standard InChI is InChI=1S/C22H30N4O3S/c1-5-18-8-6-7-9-20(18)23-21(27)14-26(19-12-10-15(2)11-13-19)30(28,29)22-16(3)24-25-17(22)4/h6-13,16-17,22,24-25H,5,14H2,1-4H3,(H,23,27). The van der Waals surface area contributed by atoms with Gasteiger partial charge in [-0.2, -0.15) is 0 Å². The Morgan fingerprint density at radius 3 is 2.23 bits per heavy atom. The summed E-state index contributed by atoms with van der Waals surface area (Å²) in [5.74, 6) is -0.376. The molecule has 162 valence electrons. The first-order chi connectivity index (χ1) is 14.2. The predicted molar refractivity (Wildman–Crippen MR) is 121 cm³/mol. The van der Waals surface area contributed by atoms with Gasteiger partial charge in [-0.05, 0) is 51.0 Å². The molecule has 8 heteroatoms. The van der Waals surface area contributed by atoms with Crippen LogP contribution in [-0.2, 0) is 21.2 Å². The van der Waals surface area contributed by atoms with Gasteiger partial charge < -0.3 is 5.32 Å². The molecule has 3 rings (SSSR count). The highest BCUT2D eigenvalue weighted by Crippen LogP contribution is 2.26. The lowest BCUT2D eigenvalue weighted by molar-refractivity contribution is -0.114. The smallest absolute Gasteiger partial charge is 0.245 e. The van der Waals surface area contributed by atoms with E-state index in [1.54, 1.807) is 12.1 Å². The Morgan fingerprint density at radius 1 is 1.03 bits per heavy atom. The number of para-hydroxylation sites is 1. The van der Waals surface area contributed by atoms with E-state index in [0.717, 1.165) is 17.5 Å². The van der Waals surface area contributed by atoms with E-state index in [1.165, 1.54) is 4.31 Å². The normalized spacial score (nSPS) is 21.4. The summed E-state index contributed by atoms with van der Waals surface area (Å²) in [6.07, 6.45) is 0.769. The maximum atomic E-state index is 13.6. The van der Waals surface area contributed by atoms with E-state index in [-0.39, 0.29) is 24.5 Å². The van der Waals surface area contributed by atoms with Crippen LogP contribution < -0.4 is 20.5 Å². The first-order valence-electron chi connectivity index (χ1n) is 10.2. The number of sulfonamides is 1. The lowest BCUT2D eigenvalue weighted by Gasteiger charge is -2.30. The highest BCUT2D eigenvalue weighted by molar-refractivity contribution is 7.93. The molecule has 7 nitrogen and oxygen atoms in total. The lowest BCUT2D eigenvalue weighted by Crippen LogP contribution is -2.49. The summed E-state index contributed by atoms with van der Waals surface area (Å²) in [5, 5.41) is 2.18. The van der Waals surface area contributed by atoms with Gasteiger partial charge in [-0.3, -0.25) is 20.0 Å². The number of nitrogens with zero attached hydrogens (tertiary/aromatic N) is 1. The van der Waals surface area contributed by atoms with Gasteiger partial charge >= 0.3 is 0 Å². The first-order valence-corrected chi connectivity index (χ1v) is 11.7. The van der Waals surface area contributed by atoms with Crippen LogP contribution in [0.4, 0.5) is 11.4 Å². The van der Waals surface area contributed by atoms with Gasteiger partial charge in [0, 0.05) is 17.8 Å². The van der Waals surface area contributed by atoms with Gasteiger partial charge in [-0.15, -0.1) is 0 Å². The number of carbonyl (C=O) groups is 1. The molecule has 2 aromatic rings. The average Bonchev–Trinajstić information content (AvgIpc) is 3.06. The minimum Gasteiger partial charge on any atom is -0.324 e. The van der Waals surface area contributed by atoms with Crippen LogP contribution in [0.2, 0.25) is 0 Å². The molecule has 2 unspecified atom stereocenters. The Hall–Kier alpha value is -2.42. The second-order valence-electron chi connectivity index (χ2n) is 7.78. The van der Waals surface area contributed by atoms with Crippen molar-refractivity contribution < 1.29 is 13.2 Å². The fraction of sp³-hybridized carbons (Fsp3) is 0.409. The number of carbonyl (C=O) groups excluding carboxylic acids is 1. The third-order valence-electron chi connectivity index (χ3n) is 5.46. The number of amides is 1. The van der Waals surface area contributed by atoms with Crippen LogP contribution in [0.25, 0.3) is 0 Å². The van der Waals surface area contributed by atoms with Crippen LogP contribution in [-0.4, -0.2) is 38.2 Å². The Kier molecular flexibility index (Phi) is 6.80. The van der Waals surface area contributed by atoms with E-state index < -0.39 is 15.3 Å². The van der Waals surface area contributed by atoms with Crippen molar-refractivity contribution in [1.82, 2.24) is 10.9 Å². The van der Waals surface area contributed by atoms with Gasteiger partial charge in [0.25, 0.3) is 0 Å². The van der Waals surface area contributed by atoms with Crippen molar-refractivity contribution >= 4 is 27.3 Å². The van der Waals surface area contributed by atoms with Crippen molar-refractivity contribution in [3.05, 3.63) is 59.7 Å². The third kappa shape index (κ3) is 4.66. The van der Waals surface area contributed by atoms with Gasteiger partial charge in [0.2, 0.25) is 15.9 Å². The highest BCUT2D eigenvalue weighted by atomic mass is 32.2. The van der Waals surface area contributed by atoms with Gasteiger partial charge in [0.05, 0.1) is 5.69 Å². The minimum atomic E-state index is -3.82. The molecule has 1 fully saturated rings. The maximum Gasteiger partial charge on any atom is 0.245 e. The van der Waals surface area contributed by atoms with Crippen LogP contribution in [0.15, 0.2) is 48.5 Å². The lowest BCUT2D eigenvalue weighted by atomic mass is 10.1. The largest absolute Gasteiger partial charge is 0.324 e. The summed E-state index contributed by atoms with van der Waals surface area (Å²) in [4.78, 5) is 12.9. The number of hydrazine groups is 1. The van der Waals surface area contributed by atoms with Crippen LogP contribution in [0.3, 0.4) is 0 Å². The van der Waals surface area contributed by atoms with Gasteiger partial charge in [0.1, 0.15) is 11.8 Å². The molecule has 1 aliphatic rings. The summed E-state index contributed by atoms with van der Waals surface area (Å²) in [5.41, 5.74) is 9.19. The average molecular weight is 431 g/mol. The molecule has 3 N–H and O–H groups in total. The van der Waals surface area contributed by atoms with Gasteiger partial charge in [0.15, 0.2) is 0 Å². The van der Waals surface area contributed by atoms with E-state index in [1.807, 2.05) is 64.1 Å². The van der Waals surface area contributed by atoms with Crippen LogP contribution in [0.5, 0.6) is 0 Å². The van der Waals surface area contributed by atoms with E-state index >= 15 is 0 Å². The van der Waals surface area contributed by atoms with Gasteiger partial charge in [-0.25, -0.2) is 8.42 Å². The number of hydrogen-bond donors (Lipinski definition) is 3. The molecule has 1 aliphatic heterocycles. The SMILES string of the molecule is CCc1ccccc1NC(=O)CN(c1ccc(C)cc1)S(=O)(=O)C1C(C)NNC1C. The number of hydrogen-bond acceptors (Lipinski definition) is 5. The van der Waals surface area contributed by atoms with Crippen LogP contribution >= 0.6 is 0 Å². The fourth-order valence-corrected chi connectivity index (χ4v) is 6.01. The van der Waals surface area contributed by atoms with Crippen molar-refractivity contribution in [2.24, 2.45) is 0 Å². The van der Waals surface area contributed by atoms with E-state index in [2.05, 4.69) is 16.2 Å². The van der Waals surface area contributed by atoms with Crippen molar-refractivity contribution in [3.8, 4) is 0 Å². The third-order valence-corrected chi connectivity index (χ3v) is 7.92. The van der Waals surface area contributed by atoms with Gasteiger partial charge in [-0.1, -0.05) is 42.8 Å². The predicted octanol–water partition coefficient (Wildman–Crippen LogP) is 2.59. The molecule has 2 aromatic carbocycles. The Balaban J connectivity index is 1.92. The highest BCUT2D eigenvalue weighted by Gasteiger charge is 2.44. The molecule has 2 atom stereocenters. The fourth-order valence-electron chi connectivity index (χ4n) is 3.83. The Morgan fingerprint density at radius 2 is 1.63 bits per heavy atom. The molecular formula is C22H30N4O3S. The zero-order chi connectivity index (χ0) is 21.9. The summed E-state index contributed by atoms with van der Waals surface area (Å²) < 4.78 is 28.5. The Labute approximate surface area is 178 Å². The molecule has 30 heavy (non-hydrogen) atoms. The van der Waals surface area contributed by atoms with E-state index in [9.17, 15) is 13.2 Å². The summed E-state index contributed by atoms with van der Waals surface area (Å²) >= 11 is 0.